The number of carbonyl (C=O) groups is 1. The van der Waals surface area contributed by atoms with E-state index in [0.717, 1.165) is 31.9 Å². The van der Waals surface area contributed by atoms with Crippen molar-refractivity contribution in [3.63, 3.8) is 0 Å². The molecule has 1 aromatic carbocycles. The average molecular weight is 638 g/mol. The summed E-state index contributed by atoms with van der Waals surface area (Å²) in [6.07, 6.45) is -1.06. The quantitative estimate of drug-likeness (QED) is 0.135. The van der Waals surface area contributed by atoms with Gasteiger partial charge in [0.2, 0.25) is 11.9 Å². The fourth-order valence-corrected chi connectivity index (χ4v) is 6.37. The highest BCUT2D eigenvalue weighted by molar-refractivity contribution is 6.30. The second-order valence-corrected chi connectivity index (χ2v) is 12.6. The number of anilines is 1. The van der Waals surface area contributed by atoms with Gasteiger partial charge >= 0.3 is 0 Å². The van der Waals surface area contributed by atoms with Gasteiger partial charge in [0, 0.05) is 51.3 Å². The third-order valence-corrected chi connectivity index (χ3v) is 9.19. The van der Waals surface area contributed by atoms with Gasteiger partial charge in [-0.05, 0) is 42.2 Å². The van der Waals surface area contributed by atoms with Crippen LogP contribution in [0, 0.1) is 29.5 Å². The fraction of sp³-hybridized carbons (Fsp3) is 0.633. The van der Waals surface area contributed by atoms with Gasteiger partial charge in [-0.1, -0.05) is 17.7 Å². The van der Waals surface area contributed by atoms with E-state index >= 15 is 0 Å². The summed E-state index contributed by atoms with van der Waals surface area (Å²) >= 11 is 5.88. The average Bonchev–Trinajstić information content (AvgIpc) is 3.43. The summed E-state index contributed by atoms with van der Waals surface area (Å²) < 4.78 is 20.5. The van der Waals surface area contributed by atoms with Crippen LogP contribution in [-0.4, -0.2) is 123 Å². The van der Waals surface area contributed by atoms with E-state index in [-0.39, 0.29) is 24.8 Å². The van der Waals surface area contributed by atoms with Crippen molar-refractivity contribution in [3.8, 4) is 5.75 Å². The van der Waals surface area contributed by atoms with Crippen LogP contribution in [0.15, 0.2) is 30.6 Å². The van der Waals surface area contributed by atoms with Gasteiger partial charge in [-0.2, -0.15) is 0 Å². The molecule has 14 heteroatoms. The van der Waals surface area contributed by atoms with Gasteiger partial charge in [-0.3, -0.25) is 4.79 Å². The molecule has 1 amide bonds. The minimum Gasteiger partial charge on any atom is -0.493 e. The van der Waals surface area contributed by atoms with Gasteiger partial charge in [-0.25, -0.2) is 14.4 Å². The van der Waals surface area contributed by atoms with E-state index in [1.807, 2.05) is 0 Å². The molecule has 5 rings (SSSR count). The highest BCUT2D eigenvalue weighted by Gasteiger charge is 2.55. The fourth-order valence-electron chi connectivity index (χ4n) is 6.28. The third kappa shape index (κ3) is 7.94. The summed E-state index contributed by atoms with van der Waals surface area (Å²) in [5, 5.41) is 51.2. The number of nitrogens with one attached hydrogen (secondary N) is 1. The molecule has 3 heterocycles. The molecule has 3 fully saturated rings. The molecule has 2 aromatic rings. The van der Waals surface area contributed by atoms with Crippen molar-refractivity contribution in [2.75, 3.05) is 57.4 Å². The maximum Gasteiger partial charge on any atom is 0.227 e. The van der Waals surface area contributed by atoms with Crippen LogP contribution in [0.25, 0.3) is 0 Å². The number of benzene rings is 1. The molecular weight excluding hydrogens is 597 g/mol. The zero-order valence-electron chi connectivity index (χ0n) is 24.4. The van der Waals surface area contributed by atoms with Crippen molar-refractivity contribution < 1.29 is 39.5 Å². The standard InChI is InChI=1S/C30H41ClFN5O7/c31-19-9-34-30(35-10-19)37-14-22-21(23(22)15-37)2-1-5-44-20-4-3-18(24(32)7-20)6-27(41)36-12-17(13-36)8-33-11-25(39)28(42)29(43)26(40)16-38/h3-4,7,9-10,17,21-23,25-26,28-29,33,38-40,42-43H,1-2,5-6,8,11-16H2/t21?,22-,23+,25-,26+,28+,29+/m0/s1. The zero-order valence-corrected chi connectivity index (χ0v) is 25.1. The first kappa shape index (κ1) is 32.7. The number of hydrogen-bond donors (Lipinski definition) is 6. The second kappa shape index (κ2) is 14.6. The number of amides is 1. The lowest BCUT2D eigenvalue weighted by Gasteiger charge is -2.39. The SMILES string of the molecule is O=C(Cc1ccc(OCCCC2[C@H]3CN(c4ncc(Cl)cn4)C[C@@H]23)cc1F)N1CC(CNC[C@H](O)[C@@H](O)[C@H](O)[C@H](O)CO)C1. The Balaban J connectivity index is 0.938. The van der Waals surface area contributed by atoms with Crippen LogP contribution in [0.2, 0.25) is 5.02 Å². The van der Waals surface area contributed by atoms with E-state index in [4.69, 9.17) is 21.4 Å². The Morgan fingerprint density at radius 1 is 1.07 bits per heavy atom. The third-order valence-electron chi connectivity index (χ3n) is 9.00. The van der Waals surface area contributed by atoms with E-state index in [2.05, 4.69) is 20.2 Å². The molecular formula is C30H41ClFN5O7. The number of aliphatic hydroxyl groups is 5. The minimum absolute atomic E-state index is 0.0399. The molecule has 1 aliphatic carbocycles. The maximum atomic E-state index is 14.7. The molecule has 1 unspecified atom stereocenters. The lowest BCUT2D eigenvalue weighted by atomic mass is 9.98. The summed E-state index contributed by atoms with van der Waals surface area (Å²) in [5.41, 5.74) is 0.310. The predicted octanol–water partition coefficient (Wildman–Crippen LogP) is -0.163. The summed E-state index contributed by atoms with van der Waals surface area (Å²) in [4.78, 5) is 25.1. The molecule has 1 saturated carbocycles. The van der Waals surface area contributed by atoms with Gasteiger partial charge in [0.1, 0.15) is 29.9 Å². The highest BCUT2D eigenvalue weighted by Crippen LogP contribution is 2.54. The lowest BCUT2D eigenvalue weighted by molar-refractivity contribution is -0.136. The van der Waals surface area contributed by atoms with Gasteiger partial charge in [0.15, 0.2) is 0 Å². The highest BCUT2D eigenvalue weighted by atomic mass is 35.5. The Hall–Kier alpha value is -2.65. The number of halogens is 2. The molecule has 6 N–H and O–H groups in total. The first-order chi connectivity index (χ1) is 21.1. The molecule has 2 aliphatic heterocycles. The maximum absolute atomic E-state index is 14.7. The van der Waals surface area contributed by atoms with Crippen LogP contribution < -0.4 is 15.0 Å². The summed E-state index contributed by atoms with van der Waals surface area (Å²) in [7, 11) is 0. The Bertz CT molecular complexity index is 1240. The zero-order chi connectivity index (χ0) is 31.4. The number of likely N-dealkylation sites (tertiary alicyclic amines) is 1. The van der Waals surface area contributed by atoms with Crippen molar-refractivity contribution in [2.24, 2.45) is 23.7 Å². The van der Waals surface area contributed by atoms with Crippen molar-refractivity contribution in [1.29, 1.82) is 0 Å². The molecule has 2 saturated heterocycles. The molecule has 242 valence electrons. The smallest absolute Gasteiger partial charge is 0.227 e. The normalized spacial score (nSPS) is 23.9. The van der Waals surface area contributed by atoms with Crippen molar-refractivity contribution in [2.45, 2.75) is 43.7 Å². The number of nitrogens with zero attached hydrogens (tertiary/aromatic N) is 4. The number of piperidine rings is 1. The van der Waals surface area contributed by atoms with Gasteiger partial charge < -0.3 is 45.4 Å². The molecule has 0 bridgehead atoms. The summed E-state index contributed by atoms with van der Waals surface area (Å²) in [6, 6.07) is 4.62. The summed E-state index contributed by atoms with van der Waals surface area (Å²) in [5.74, 6) is 2.63. The van der Waals surface area contributed by atoms with Crippen molar-refractivity contribution in [1.82, 2.24) is 20.2 Å². The number of carbonyl (C=O) groups excluding carboxylic acids is 1. The molecule has 7 atom stereocenters. The number of ether oxygens (including phenoxy) is 1. The van der Waals surface area contributed by atoms with Crippen LogP contribution in [0.1, 0.15) is 18.4 Å². The monoisotopic (exact) mass is 637 g/mol. The van der Waals surface area contributed by atoms with Crippen molar-refractivity contribution >= 4 is 23.5 Å². The Morgan fingerprint density at radius 2 is 1.75 bits per heavy atom. The van der Waals surface area contributed by atoms with Gasteiger partial charge in [-0.15, -0.1) is 0 Å². The number of fused-ring (bicyclic) bond motifs is 1. The second-order valence-electron chi connectivity index (χ2n) is 12.1. The summed E-state index contributed by atoms with van der Waals surface area (Å²) in [6.45, 7) is 3.06. The molecule has 12 nitrogen and oxygen atoms in total. The number of aliphatic hydroxyl groups excluding tert-OH is 5. The number of rotatable bonds is 16. The van der Waals surface area contributed by atoms with Crippen LogP contribution in [0.5, 0.6) is 5.75 Å². The molecule has 44 heavy (non-hydrogen) atoms. The Kier molecular flexibility index (Phi) is 10.9. The van der Waals surface area contributed by atoms with E-state index in [9.17, 15) is 29.6 Å². The van der Waals surface area contributed by atoms with Crippen molar-refractivity contribution in [3.05, 3.63) is 47.0 Å². The first-order valence-corrected chi connectivity index (χ1v) is 15.5. The lowest BCUT2D eigenvalue weighted by Crippen LogP contribution is -2.55. The van der Waals surface area contributed by atoms with Gasteiger partial charge in [0.05, 0.1) is 43.2 Å². The number of aromatic nitrogens is 2. The number of hydrogen-bond acceptors (Lipinski definition) is 11. The molecule has 1 aromatic heterocycles. The van der Waals surface area contributed by atoms with E-state index in [1.54, 1.807) is 29.4 Å². The predicted molar refractivity (Wildman–Crippen MR) is 159 cm³/mol. The van der Waals surface area contributed by atoms with Crippen LogP contribution in [-0.2, 0) is 11.2 Å². The van der Waals surface area contributed by atoms with E-state index in [0.29, 0.717) is 60.3 Å². The molecule has 3 aliphatic rings. The minimum atomic E-state index is -1.67. The Morgan fingerprint density at radius 3 is 2.41 bits per heavy atom. The first-order valence-electron chi connectivity index (χ1n) is 15.1. The molecule has 0 spiro atoms. The van der Waals surface area contributed by atoms with E-state index in [1.165, 1.54) is 6.07 Å². The largest absolute Gasteiger partial charge is 0.493 e. The molecule has 0 radical (unpaired) electrons. The van der Waals surface area contributed by atoms with Crippen LogP contribution in [0.4, 0.5) is 10.3 Å². The topological polar surface area (TPSA) is 172 Å². The van der Waals surface area contributed by atoms with E-state index < -0.39 is 36.8 Å². The van der Waals surface area contributed by atoms with Crippen LogP contribution in [0.3, 0.4) is 0 Å². The Labute approximate surface area is 260 Å². The van der Waals surface area contributed by atoms with Gasteiger partial charge in [0.25, 0.3) is 0 Å². The van der Waals surface area contributed by atoms with Crippen LogP contribution >= 0.6 is 11.6 Å².